The Morgan fingerprint density at radius 2 is 1.86 bits per heavy atom. The highest BCUT2D eigenvalue weighted by Gasteiger charge is 2.44. The molecule has 0 saturated carbocycles. The second-order valence-electron chi connectivity index (χ2n) is 9.11. The van der Waals surface area contributed by atoms with Gasteiger partial charge in [0.1, 0.15) is 11.8 Å². The van der Waals surface area contributed by atoms with E-state index in [9.17, 15) is 19.7 Å². The van der Waals surface area contributed by atoms with Gasteiger partial charge in [0.05, 0.1) is 17.1 Å². The molecule has 1 aliphatic rings. The van der Waals surface area contributed by atoms with Crippen LogP contribution in [-0.2, 0) is 9.22 Å². The maximum Gasteiger partial charge on any atom is 0.282 e. The third-order valence-corrected chi connectivity index (χ3v) is 10.6. The van der Waals surface area contributed by atoms with Gasteiger partial charge in [-0.05, 0) is 49.2 Å². The van der Waals surface area contributed by atoms with E-state index < -0.39 is 25.2 Å². The number of aldehydes is 1. The number of hydrogen-bond donors (Lipinski definition) is 0. The number of benzene rings is 1. The van der Waals surface area contributed by atoms with Crippen LogP contribution in [0.5, 0.6) is 0 Å². The van der Waals surface area contributed by atoms with E-state index in [-0.39, 0.29) is 28.9 Å². The average molecular weight is 407 g/mol. The van der Waals surface area contributed by atoms with Gasteiger partial charge >= 0.3 is 0 Å². The first-order valence-electron chi connectivity index (χ1n) is 9.48. The fraction of sp³-hybridized carbons (Fsp3) is 0.600. The zero-order chi connectivity index (χ0) is 21.4. The van der Waals surface area contributed by atoms with Gasteiger partial charge in [-0.2, -0.15) is 0 Å². The molecule has 1 fully saturated rings. The summed E-state index contributed by atoms with van der Waals surface area (Å²) in [6.45, 7) is 14.5. The predicted octanol–water partition coefficient (Wildman–Crippen LogP) is 4.02. The van der Waals surface area contributed by atoms with Crippen LogP contribution in [0.15, 0.2) is 12.1 Å². The quantitative estimate of drug-likeness (QED) is 0.319. The van der Waals surface area contributed by atoms with Crippen molar-refractivity contribution >= 4 is 26.2 Å². The molecule has 1 saturated heterocycles. The molecule has 1 aromatic carbocycles. The Kier molecular flexibility index (Phi) is 6.15. The largest absolute Gasteiger partial charge is 0.412 e. The molecule has 8 heteroatoms. The smallest absolute Gasteiger partial charge is 0.282 e. The first-order chi connectivity index (χ1) is 12.8. The molecule has 0 unspecified atom stereocenters. The normalized spacial score (nSPS) is 20.3. The van der Waals surface area contributed by atoms with Crippen LogP contribution >= 0.6 is 0 Å². The molecule has 2 rings (SSSR count). The Balaban J connectivity index is 2.32. The maximum absolute atomic E-state index is 13.1. The molecule has 1 aromatic rings. The molecule has 7 nitrogen and oxygen atoms in total. The van der Waals surface area contributed by atoms with Gasteiger partial charge in [0.25, 0.3) is 11.6 Å². The molecule has 1 heterocycles. The Morgan fingerprint density at radius 1 is 1.29 bits per heavy atom. The van der Waals surface area contributed by atoms with Crippen molar-refractivity contribution in [2.75, 3.05) is 6.54 Å². The van der Waals surface area contributed by atoms with Gasteiger partial charge in [-0.25, -0.2) is 0 Å². The third-order valence-electron chi connectivity index (χ3n) is 6.03. The number of likely N-dealkylation sites (tertiary alicyclic amines) is 1. The molecule has 0 aromatic heterocycles. The van der Waals surface area contributed by atoms with Crippen LogP contribution in [0.3, 0.4) is 0 Å². The molecule has 0 bridgehead atoms. The van der Waals surface area contributed by atoms with Crippen LogP contribution in [0.25, 0.3) is 0 Å². The minimum absolute atomic E-state index is 0.00790. The lowest BCUT2D eigenvalue weighted by molar-refractivity contribution is -0.385. The first-order valence-corrected chi connectivity index (χ1v) is 12.4. The molecule has 1 amide bonds. The van der Waals surface area contributed by atoms with Crippen LogP contribution in [0.1, 0.15) is 48.7 Å². The number of nitrogens with zero attached hydrogens (tertiary/aromatic N) is 2. The molecule has 0 radical (unpaired) electrons. The fourth-order valence-electron chi connectivity index (χ4n) is 3.15. The summed E-state index contributed by atoms with van der Waals surface area (Å²) in [5.74, 6) is -0.492. The van der Waals surface area contributed by atoms with Gasteiger partial charge in [0.2, 0.25) is 0 Å². The summed E-state index contributed by atoms with van der Waals surface area (Å²) in [6, 6.07) is 2.32. The Bertz CT molecular complexity index is 801. The fourth-order valence-corrected chi connectivity index (χ4v) is 4.50. The van der Waals surface area contributed by atoms with E-state index in [2.05, 4.69) is 33.9 Å². The predicted molar refractivity (Wildman–Crippen MR) is 110 cm³/mol. The number of carbonyl (C=O) groups excluding carboxylic acids is 2. The van der Waals surface area contributed by atoms with E-state index in [0.29, 0.717) is 6.42 Å². The molecular formula is C20H30N2O5Si. The maximum atomic E-state index is 13.1. The minimum Gasteiger partial charge on any atom is -0.412 e. The van der Waals surface area contributed by atoms with Crippen molar-refractivity contribution in [1.82, 2.24) is 4.90 Å². The zero-order valence-corrected chi connectivity index (χ0v) is 18.7. The van der Waals surface area contributed by atoms with Crippen LogP contribution in [-0.4, -0.2) is 49.0 Å². The molecule has 0 aliphatic carbocycles. The number of nitro groups is 1. The average Bonchev–Trinajstić information content (AvgIpc) is 2.97. The minimum atomic E-state index is -2.06. The van der Waals surface area contributed by atoms with Gasteiger partial charge in [0.15, 0.2) is 8.32 Å². The number of hydrogen-bond acceptors (Lipinski definition) is 5. The van der Waals surface area contributed by atoms with Crippen molar-refractivity contribution in [2.24, 2.45) is 0 Å². The first kappa shape index (κ1) is 22.2. The number of aryl methyl sites for hydroxylation is 2. The standard InChI is InChI=1S/C20H30N2O5Si/c1-13-8-17(18(22(25)26)9-14(13)2)19(24)21-11-16(10-15(21)12-23)27-28(6,7)20(3,4)5/h8-9,12,15-16H,10-11H2,1-7H3/t15-,16+/m0/s1. The van der Waals surface area contributed by atoms with Gasteiger partial charge in [-0.3, -0.25) is 14.9 Å². The second-order valence-corrected chi connectivity index (χ2v) is 13.9. The number of carbonyl (C=O) groups is 2. The molecule has 2 atom stereocenters. The zero-order valence-electron chi connectivity index (χ0n) is 17.7. The van der Waals surface area contributed by atoms with Crippen molar-refractivity contribution < 1.29 is 18.9 Å². The van der Waals surface area contributed by atoms with E-state index in [1.165, 1.54) is 11.0 Å². The summed E-state index contributed by atoms with van der Waals surface area (Å²) in [6.07, 6.45) is 0.908. The Hall–Kier alpha value is -2.06. The van der Waals surface area contributed by atoms with E-state index in [0.717, 1.165) is 17.4 Å². The van der Waals surface area contributed by atoms with Gasteiger partial charge in [-0.15, -0.1) is 0 Å². The van der Waals surface area contributed by atoms with E-state index in [1.54, 1.807) is 19.9 Å². The monoisotopic (exact) mass is 406 g/mol. The van der Waals surface area contributed by atoms with Crippen LogP contribution < -0.4 is 0 Å². The van der Waals surface area contributed by atoms with Gasteiger partial charge < -0.3 is 14.1 Å². The SMILES string of the molecule is Cc1cc(C(=O)N2C[C@H](O[Si](C)(C)C(C)(C)C)C[C@H]2C=O)c([N+](=O)[O-])cc1C. The van der Waals surface area contributed by atoms with Gasteiger partial charge in [0, 0.05) is 19.0 Å². The lowest BCUT2D eigenvalue weighted by Crippen LogP contribution is -2.44. The summed E-state index contributed by atoms with van der Waals surface area (Å²) in [5.41, 5.74) is 1.33. The van der Waals surface area contributed by atoms with Crippen molar-refractivity contribution in [1.29, 1.82) is 0 Å². The third kappa shape index (κ3) is 4.33. The lowest BCUT2D eigenvalue weighted by Gasteiger charge is -2.38. The summed E-state index contributed by atoms with van der Waals surface area (Å²) < 4.78 is 6.38. The van der Waals surface area contributed by atoms with Crippen LogP contribution in [0.2, 0.25) is 18.1 Å². The van der Waals surface area contributed by atoms with Gasteiger partial charge in [-0.1, -0.05) is 20.8 Å². The molecule has 1 aliphatic heterocycles. The van der Waals surface area contributed by atoms with Crippen molar-refractivity contribution in [3.8, 4) is 0 Å². The molecule has 154 valence electrons. The summed E-state index contributed by atoms with van der Waals surface area (Å²) in [5, 5.41) is 11.5. The summed E-state index contributed by atoms with van der Waals surface area (Å²) in [4.78, 5) is 37.1. The molecule has 28 heavy (non-hydrogen) atoms. The molecule has 0 spiro atoms. The van der Waals surface area contributed by atoms with Crippen molar-refractivity contribution in [2.45, 2.75) is 71.3 Å². The van der Waals surface area contributed by atoms with Crippen LogP contribution in [0.4, 0.5) is 5.69 Å². The Morgan fingerprint density at radius 3 is 2.36 bits per heavy atom. The lowest BCUT2D eigenvalue weighted by atomic mass is 10.0. The van der Waals surface area contributed by atoms with Crippen LogP contribution in [0, 0.1) is 24.0 Å². The summed E-state index contributed by atoms with van der Waals surface area (Å²) in [7, 11) is -2.06. The highest BCUT2D eigenvalue weighted by atomic mass is 28.4. The second kappa shape index (κ2) is 7.75. The van der Waals surface area contributed by atoms with Crippen molar-refractivity contribution in [3.63, 3.8) is 0 Å². The topological polar surface area (TPSA) is 89.8 Å². The van der Waals surface area contributed by atoms with E-state index in [4.69, 9.17) is 4.43 Å². The number of amides is 1. The highest BCUT2D eigenvalue weighted by Crippen LogP contribution is 2.39. The van der Waals surface area contributed by atoms with E-state index >= 15 is 0 Å². The summed E-state index contributed by atoms with van der Waals surface area (Å²) >= 11 is 0. The highest BCUT2D eigenvalue weighted by molar-refractivity contribution is 6.74. The number of nitro benzene ring substituents is 1. The Labute approximate surface area is 167 Å². The molecule has 0 N–H and O–H groups in total. The van der Waals surface area contributed by atoms with E-state index in [1.807, 2.05) is 0 Å². The van der Waals surface area contributed by atoms with Crippen molar-refractivity contribution in [3.05, 3.63) is 38.9 Å². The molecular weight excluding hydrogens is 376 g/mol. The number of rotatable bonds is 5.